The number of aliphatic hydroxyl groups is 1. The van der Waals surface area contributed by atoms with Gasteiger partial charge in [0.05, 0.1) is 5.56 Å². The van der Waals surface area contributed by atoms with E-state index in [0.717, 1.165) is 24.3 Å². The van der Waals surface area contributed by atoms with Crippen LogP contribution in [0.15, 0.2) is 35.2 Å². The van der Waals surface area contributed by atoms with E-state index < -0.39 is 5.91 Å². The molecule has 200 valence electrons. The lowest BCUT2D eigenvalue weighted by atomic mass is 9.57. The van der Waals surface area contributed by atoms with Gasteiger partial charge in [0, 0.05) is 30.3 Å². The molecule has 37 heavy (non-hydrogen) atoms. The van der Waals surface area contributed by atoms with E-state index in [1.54, 1.807) is 22.7 Å². The SMILES string of the molecule is CC1CC2CC(C)CC(CNC(=O)c3cccn4c(C(N)=O)c(-c5ccsc5)nc34)(C1)C2.CCCCO. The van der Waals surface area contributed by atoms with Gasteiger partial charge in [-0.15, -0.1) is 0 Å². The Morgan fingerprint density at radius 1 is 1.22 bits per heavy atom. The van der Waals surface area contributed by atoms with Gasteiger partial charge in [0.1, 0.15) is 11.4 Å². The number of hydrogen-bond donors (Lipinski definition) is 3. The van der Waals surface area contributed by atoms with Crippen LogP contribution >= 0.6 is 11.3 Å². The lowest BCUT2D eigenvalue weighted by Gasteiger charge is -2.50. The number of aromatic nitrogens is 2. The lowest BCUT2D eigenvalue weighted by Crippen LogP contribution is -2.46. The van der Waals surface area contributed by atoms with Crippen LogP contribution < -0.4 is 11.1 Å². The minimum Gasteiger partial charge on any atom is -0.396 e. The first kappa shape index (κ1) is 27.3. The molecule has 0 saturated heterocycles. The molecule has 2 saturated carbocycles. The number of nitrogens with two attached hydrogens (primary N) is 1. The number of unbranched alkanes of at least 4 members (excludes halogenated alkanes) is 1. The van der Waals surface area contributed by atoms with E-state index in [0.29, 0.717) is 47.6 Å². The first-order valence-corrected chi connectivity index (χ1v) is 14.4. The number of thiophene rings is 1. The number of imidazole rings is 1. The zero-order valence-corrected chi connectivity index (χ0v) is 23.0. The summed E-state index contributed by atoms with van der Waals surface area (Å²) in [6.45, 7) is 7.79. The van der Waals surface area contributed by atoms with Gasteiger partial charge >= 0.3 is 0 Å². The smallest absolute Gasteiger partial charge is 0.268 e. The fourth-order valence-corrected chi connectivity index (χ4v) is 7.37. The second kappa shape index (κ2) is 11.8. The van der Waals surface area contributed by atoms with E-state index in [9.17, 15) is 9.59 Å². The van der Waals surface area contributed by atoms with Crippen LogP contribution in [-0.2, 0) is 0 Å². The second-order valence-corrected chi connectivity index (χ2v) is 12.0. The van der Waals surface area contributed by atoms with Gasteiger partial charge in [-0.05, 0) is 85.3 Å². The van der Waals surface area contributed by atoms with Crippen LogP contribution in [0.2, 0.25) is 0 Å². The largest absolute Gasteiger partial charge is 0.396 e. The van der Waals surface area contributed by atoms with Crippen molar-refractivity contribution in [3.63, 3.8) is 0 Å². The highest BCUT2D eigenvalue weighted by Crippen LogP contribution is 2.52. The number of nitrogens with zero attached hydrogens (tertiary/aromatic N) is 2. The van der Waals surface area contributed by atoms with E-state index in [1.165, 1.54) is 43.4 Å². The average molecular weight is 525 g/mol. The minimum atomic E-state index is -0.562. The Morgan fingerprint density at radius 2 is 1.95 bits per heavy atom. The van der Waals surface area contributed by atoms with Gasteiger partial charge in [-0.1, -0.05) is 27.2 Å². The van der Waals surface area contributed by atoms with Gasteiger partial charge in [-0.2, -0.15) is 11.3 Å². The second-order valence-electron chi connectivity index (χ2n) is 11.2. The number of amides is 2. The molecule has 0 aliphatic heterocycles. The number of rotatable bonds is 7. The molecule has 2 bridgehead atoms. The van der Waals surface area contributed by atoms with Crippen molar-refractivity contribution in [2.75, 3.05) is 13.2 Å². The molecule has 3 aromatic rings. The van der Waals surface area contributed by atoms with Gasteiger partial charge < -0.3 is 16.2 Å². The monoisotopic (exact) mass is 524 g/mol. The first-order valence-electron chi connectivity index (χ1n) is 13.5. The molecule has 4 N–H and O–H groups in total. The summed E-state index contributed by atoms with van der Waals surface area (Å²) in [5.74, 6) is 1.49. The molecule has 3 aromatic heterocycles. The van der Waals surface area contributed by atoms with E-state index in [-0.39, 0.29) is 11.3 Å². The highest BCUT2D eigenvalue weighted by Gasteiger charge is 2.44. The molecule has 2 aliphatic carbocycles. The van der Waals surface area contributed by atoms with E-state index >= 15 is 0 Å². The van der Waals surface area contributed by atoms with E-state index in [4.69, 9.17) is 10.8 Å². The topological polar surface area (TPSA) is 110 Å². The lowest BCUT2D eigenvalue weighted by molar-refractivity contribution is 0.0184. The third-order valence-corrected chi connectivity index (χ3v) is 8.50. The van der Waals surface area contributed by atoms with Gasteiger partial charge in [0.15, 0.2) is 5.65 Å². The third-order valence-electron chi connectivity index (χ3n) is 7.81. The maximum Gasteiger partial charge on any atom is 0.268 e. The summed E-state index contributed by atoms with van der Waals surface area (Å²) < 4.78 is 1.64. The Bertz CT molecular complexity index is 1200. The van der Waals surface area contributed by atoms with E-state index in [1.807, 2.05) is 16.8 Å². The standard InChI is InChI=1S/C25H30N4O2S.C4H10O/c1-15-8-17-9-16(2)11-25(10-15,12-17)14-27-24(31)19-4-3-6-29-21(22(26)30)20(28-23(19)29)18-5-7-32-13-18;1-2-3-4-5/h3-7,13,15-17H,8-12,14H2,1-2H3,(H2,26,30)(H,27,31);5H,2-4H2,1H3. The van der Waals surface area contributed by atoms with Gasteiger partial charge in [-0.25, -0.2) is 4.98 Å². The van der Waals surface area contributed by atoms with Crippen molar-refractivity contribution < 1.29 is 14.7 Å². The average Bonchev–Trinajstić information content (AvgIpc) is 3.50. The molecule has 2 aliphatic rings. The summed E-state index contributed by atoms with van der Waals surface area (Å²) in [7, 11) is 0. The number of aliphatic hydroxyl groups excluding tert-OH is 1. The minimum absolute atomic E-state index is 0.143. The first-order chi connectivity index (χ1) is 17.8. The summed E-state index contributed by atoms with van der Waals surface area (Å²) in [5, 5.41) is 15.2. The molecule has 2 amide bonds. The summed E-state index contributed by atoms with van der Waals surface area (Å²) >= 11 is 1.53. The Hall–Kier alpha value is -2.71. The van der Waals surface area contributed by atoms with Crippen molar-refractivity contribution in [1.82, 2.24) is 14.7 Å². The molecular weight excluding hydrogens is 484 g/mol. The van der Waals surface area contributed by atoms with Crippen molar-refractivity contribution >= 4 is 28.8 Å². The number of fused-ring (bicyclic) bond motifs is 3. The van der Waals surface area contributed by atoms with Crippen molar-refractivity contribution in [3.8, 4) is 11.3 Å². The zero-order chi connectivity index (χ0) is 26.6. The summed E-state index contributed by atoms with van der Waals surface area (Å²) in [6, 6.07) is 5.45. The van der Waals surface area contributed by atoms with E-state index in [2.05, 4.69) is 31.1 Å². The summed E-state index contributed by atoms with van der Waals surface area (Å²) in [5.41, 5.74) is 8.47. The van der Waals surface area contributed by atoms with Crippen molar-refractivity contribution in [2.24, 2.45) is 28.9 Å². The van der Waals surface area contributed by atoms with Crippen LogP contribution in [0.1, 0.15) is 86.6 Å². The van der Waals surface area contributed by atoms with Gasteiger partial charge in [-0.3, -0.25) is 14.0 Å². The van der Waals surface area contributed by atoms with Crippen molar-refractivity contribution in [1.29, 1.82) is 0 Å². The summed E-state index contributed by atoms with van der Waals surface area (Å²) in [4.78, 5) is 30.3. The Morgan fingerprint density at radius 3 is 2.51 bits per heavy atom. The van der Waals surface area contributed by atoms with Gasteiger partial charge in [0.2, 0.25) is 0 Å². The molecule has 2 unspecified atom stereocenters. The van der Waals surface area contributed by atoms with Crippen molar-refractivity contribution in [2.45, 2.75) is 65.7 Å². The molecule has 3 heterocycles. The summed E-state index contributed by atoms with van der Waals surface area (Å²) in [6.07, 6.45) is 9.97. The Kier molecular flexibility index (Phi) is 8.70. The maximum absolute atomic E-state index is 13.3. The Balaban J connectivity index is 0.000000586. The number of carbonyl (C=O) groups excluding carboxylic acids is 2. The fraction of sp³-hybridized carbons (Fsp3) is 0.552. The predicted molar refractivity (Wildman–Crippen MR) is 149 cm³/mol. The maximum atomic E-state index is 13.3. The molecule has 0 spiro atoms. The van der Waals surface area contributed by atoms with Gasteiger partial charge in [0.25, 0.3) is 11.8 Å². The number of pyridine rings is 1. The molecular formula is C29H40N4O3S. The number of carbonyl (C=O) groups is 2. The van der Waals surface area contributed by atoms with Crippen LogP contribution in [0.4, 0.5) is 0 Å². The number of hydrogen-bond acceptors (Lipinski definition) is 5. The zero-order valence-electron chi connectivity index (χ0n) is 22.2. The predicted octanol–water partition coefficient (Wildman–Crippen LogP) is 5.52. The van der Waals surface area contributed by atoms with Crippen LogP contribution in [-0.4, -0.2) is 39.5 Å². The molecule has 2 atom stereocenters. The highest BCUT2D eigenvalue weighted by molar-refractivity contribution is 7.08. The quantitative estimate of drug-likeness (QED) is 0.378. The van der Waals surface area contributed by atoms with Crippen LogP contribution in [0.3, 0.4) is 0 Å². The highest BCUT2D eigenvalue weighted by atomic mass is 32.1. The Labute approximate surface area is 223 Å². The molecule has 7 nitrogen and oxygen atoms in total. The molecule has 8 heteroatoms. The van der Waals surface area contributed by atoms with Crippen LogP contribution in [0.5, 0.6) is 0 Å². The molecule has 2 fully saturated rings. The molecule has 5 rings (SSSR count). The molecule has 0 radical (unpaired) electrons. The number of primary amides is 1. The number of nitrogens with one attached hydrogen (secondary N) is 1. The van der Waals surface area contributed by atoms with Crippen LogP contribution in [0.25, 0.3) is 16.9 Å². The molecule has 0 aromatic carbocycles. The van der Waals surface area contributed by atoms with Crippen molar-refractivity contribution in [3.05, 3.63) is 46.4 Å². The normalized spacial score (nSPS) is 24.8. The fourth-order valence-electron chi connectivity index (χ4n) is 6.73. The third kappa shape index (κ3) is 6.07. The van der Waals surface area contributed by atoms with Crippen LogP contribution in [0, 0.1) is 23.2 Å².